The number of sulfonamides is 1. The first-order valence-electron chi connectivity index (χ1n) is 12.0. The minimum Gasteiger partial charge on any atom is -0.391 e. The topological polar surface area (TPSA) is 132 Å². The van der Waals surface area contributed by atoms with Gasteiger partial charge in [-0.1, -0.05) is 0 Å². The summed E-state index contributed by atoms with van der Waals surface area (Å²) in [4.78, 5) is 14.8. The molecule has 0 aromatic carbocycles. The first-order chi connectivity index (χ1) is 18.6. The third kappa shape index (κ3) is 4.94. The molecule has 4 atom stereocenters. The van der Waals surface area contributed by atoms with Crippen LogP contribution in [-0.2, 0) is 20.4 Å². The van der Waals surface area contributed by atoms with E-state index in [-0.39, 0.29) is 67.6 Å². The number of alkyl halides is 6. The van der Waals surface area contributed by atoms with Gasteiger partial charge in [0.2, 0.25) is 10.3 Å². The Hall–Kier alpha value is -2.16. The number of nitrogens with zero attached hydrogens (tertiary/aromatic N) is 6. The van der Waals surface area contributed by atoms with Crippen LogP contribution in [-0.4, -0.2) is 119 Å². The van der Waals surface area contributed by atoms with Crippen molar-refractivity contribution in [2.75, 3.05) is 44.3 Å². The van der Waals surface area contributed by atoms with Crippen molar-refractivity contribution >= 4 is 27.3 Å². The number of ether oxygens (including phenoxy) is 1. The number of aromatic nitrogens is 3. The summed E-state index contributed by atoms with van der Waals surface area (Å²) < 4.78 is 113. The minimum atomic E-state index is -6.09. The van der Waals surface area contributed by atoms with Crippen molar-refractivity contribution in [3.05, 3.63) is 29.5 Å². The lowest BCUT2D eigenvalue weighted by Gasteiger charge is -2.44. The van der Waals surface area contributed by atoms with Crippen molar-refractivity contribution in [2.45, 2.75) is 52.9 Å². The standard InChI is InChI=1S/C21H24F6N6O5S2/c22-20(23,24)19(35,21(25,26)27)12-6-29-17(30-7-12)32-3-2-31(40(36,37)18-28-1-4-39-18)8-14(32)9-33-13-5-16(34)15(33)11-38-10-13/h1,4,6-7,13-16,34-35H,2-3,5,8-11H2. The molecule has 11 nitrogen and oxygen atoms in total. The second-order valence-electron chi connectivity index (χ2n) is 9.74. The molecule has 2 aromatic heterocycles. The third-order valence-electron chi connectivity index (χ3n) is 7.42. The second kappa shape index (κ2) is 10.3. The van der Waals surface area contributed by atoms with Crippen LogP contribution < -0.4 is 4.90 Å². The van der Waals surface area contributed by atoms with E-state index < -0.39 is 45.7 Å². The summed E-state index contributed by atoms with van der Waals surface area (Å²) >= 11 is 0.930. The fourth-order valence-corrected chi connectivity index (χ4v) is 7.78. The molecule has 40 heavy (non-hydrogen) atoms. The quantitative estimate of drug-likeness (QED) is 0.452. The van der Waals surface area contributed by atoms with Gasteiger partial charge < -0.3 is 19.8 Å². The van der Waals surface area contributed by atoms with E-state index in [2.05, 4.69) is 15.0 Å². The van der Waals surface area contributed by atoms with Crippen molar-refractivity contribution < 1.29 is 49.7 Å². The maximum absolute atomic E-state index is 13.3. The van der Waals surface area contributed by atoms with Gasteiger partial charge in [0.25, 0.3) is 15.6 Å². The zero-order chi connectivity index (χ0) is 29.1. The molecule has 0 spiro atoms. The Labute approximate surface area is 228 Å². The minimum absolute atomic E-state index is 0.0420. The molecular weight excluding hydrogens is 594 g/mol. The van der Waals surface area contributed by atoms with E-state index in [1.165, 1.54) is 20.8 Å². The van der Waals surface area contributed by atoms with Crippen LogP contribution in [0.4, 0.5) is 32.3 Å². The summed E-state index contributed by atoms with van der Waals surface area (Å²) in [7, 11) is -3.98. The van der Waals surface area contributed by atoms with E-state index in [0.717, 1.165) is 11.3 Å². The summed E-state index contributed by atoms with van der Waals surface area (Å²) in [6.07, 6.45) is -10.6. The number of fused-ring (bicyclic) bond motifs is 2. The maximum Gasteiger partial charge on any atom is 0.430 e. The highest BCUT2D eigenvalue weighted by Crippen LogP contribution is 2.49. The van der Waals surface area contributed by atoms with Crippen molar-refractivity contribution in [3.63, 3.8) is 0 Å². The highest BCUT2D eigenvalue weighted by atomic mass is 32.2. The van der Waals surface area contributed by atoms with Crippen molar-refractivity contribution in [1.82, 2.24) is 24.2 Å². The summed E-state index contributed by atoms with van der Waals surface area (Å²) in [6, 6.07) is -1.24. The Kier molecular flexibility index (Phi) is 7.54. The van der Waals surface area contributed by atoms with E-state index in [9.17, 15) is 45.0 Å². The van der Waals surface area contributed by atoms with Gasteiger partial charge in [0.1, 0.15) is 0 Å². The van der Waals surface area contributed by atoms with Crippen LogP contribution in [0.25, 0.3) is 0 Å². The van der Waals surface area contributed by atoms with Crippen LogP contribution in [0.5, 0.6) is 0 Å². The van der Waals surface area contributed by atoms with E-state index in [4.69, 9.17) is 4.74 Å². The number of thiazole rings is 1. The van der Waals surface area contributed by atoms with Gasteiger partial charge in [-0.3, -0.25) is 4.90 Å². The predicted molar refractivity (Wildman–Crippen MR) is 126 cm³/mol. The average molecular weight is 619 g/mol. The van der Waals surface area contributed by atoms with Gasteiger partial charge in [-0.05, 0) is 6.42 Å². The van der Waals surface area contributed by atoms with E-state index in [0.29, 0.717) is 13.0 Å². The Bertz CT molecular complexity index is 1280. The number of anilines is 1. The van der Waals surface area contributed by atoms with Crippen molar-refractivity contribution in [3.8, 4) is 0 Å². The number of hydrogen-bond donors (Lipinski definition) is 2. The smallest absolute Gasteiger partial charge is 0.391 e. The highest BCUT2D eigenvalue weighted by molar-refractivity contribution is 7.91. The maximum atomic E-state index is 13.3. The van der Waals surface area contributed by atoms with E-state index in [1.54, 1.807) is 0 Å². The normalized spacial score (nSPS) is 27.4. The Balaban J connectivity index is 1.45. The Morgan fingerprint density at radius 2 is 1.73 bits per heavy atom. The zero-order valence-corrected chi connectivity index (χ0v) is 22.1. The van der Waals surface area contributed by atoms with Crippen LogP contribution in [0.15, 0.2) is 28.3 Å². The van der Waals surface area contributed by atoms with Crippen LogP contribution in [0.1, 0.15) is 12.0 Å². The van der Waals surface area contributed by atoms with E-state index >= 15 is 0 Å². The van der Waals surface area contributed by atoms with Crippen LogP contribution in [0.2, 0.25) is 0 Å². The summed E-state index contributed by atoms with van der Waals surface area (Å²) in [5.41, 5.74) is -6.78. The van der Waals surface area contributed by atoms with E-state index in [1.807, 2.05) is 4.90 Å². The molecule has 0 saturated carbocycles. The first kappa shape index (κ1) is 29.3. The van der Waals surface area contributed by atoms with Crippen LogP contribution in [0, 0.1) is 0 Å². The third-order valence-corrected chi connectivity index (χ3v) is 10.5. The molecule has 3 aliphatic heterocycles. The molecule has 0 amide bonds. The van der Waals surface area contributed by atoms with Crippen molar-refractivity contribution in [1.29, 1.82) is 0 Å². The SMILES string of the molecule is O=S(=O)(c1nccs1)N1CCN(c2ncc(C(O)(C(F)(F)F)C(F)(F)F)cn2)C(CN2C3COCC2C(O)C3)C1. The molecule has 4 unspecified atom stereocenters. The zero-order valence-electron chi connectivity index (χ0n) is 20.5. The van der Waals surface area contributed by atoms with Gasteiger partial charge in [-0.25, -0.2) is 23.4 Å². The molecule has 3 aliphatic rings. The molecule has 5 heterocycles. The number of piperazine rings is 1. The molecule has 5 rings (SSSR count). The average Bonchev–Trinajstić information content (AvgIpc) is 3.48. The second-order valence-corrected chi connectivity index (χ2v) is 12.8. The largest absolute Gasteiger partial charge is 0.430 e. The van der Waals surface area contributed by atoms with Gasteiger partial charge in [0.15, 0.2) is 0 Å². The van der Waals surface area contributed by atoms with Gasteiger partial charge in [-0.15, -0.1) is 11.3 Å². The fourth-order valence-electron chi connectivity index (χ4n) is 5.34. The van der Waals surface area contributed by atoms with Gasteiger partial charge >= 0.3 is 12.4 Å². The van der Waals surface area contributed by atoms with Crippen molar-refractivity contribution in [2.24, 2.45) is 0 Å². The lowest BCUT2D eigenvalue weighted by molar-refractivity contribution is -0.376. The number of rotatable bonds is 6. The highest BCUT2D eigenvalue weighted by Gasteiger charge is 2.71. The summed E-state index contributed by atoms with van der Waals surface area (Å²) in [6.45, 7) is 0.510. The molecule has 0 aliphatic carbocycles. The van der Waals surface area contributed by atoms with Crippen LogP contribution in [0.3, 0.4) is 0 Å². The molecule has 222 valence electrons. The number of aliphatic hydroxyl groups is 2. The Morgan fingerprint density at radius 1 is 1.05 bits per heavy atom. The lowest BCUT2D eigenvalue weighted by atomic mass is 9.95. The van der Waals surface area contributed by atoms with Crippen LogP contribution >= 0.6 is 11.3 Å². The number of hydrogen-bond acceptors (Lipinski definition) is 11. The lowest BCUT2D eigenvalue weighted by Crippen LogP contribution is -2.61. The number of morpholine rings is 1. The molecule has 2 aromatic rings. The first-order valence-corrected chi connectivity index (χ1v) is 14.3. The number of halogens is 6. The molecule has 0 radical (unpaired) electrons. The molecule has 19 heteroatoms. The van der Waals surface area contributed by atoms with Gasteiger partial charge in [-0.2, -0.15) is 30.6 Å². The summed E-state index contributed by atoms with van der Waals surface area (Å²) in [5.74, 6) is -0.243. The molecular formula is C21H24F6N6O5S2. The number of aliphatic hydroxyl groups excluding tert-OH is 1. The van der Waals surface area contributed by atoms with Gasteiger partial charge in [0.05, 0.1) is 31.4 Å². The fraction of sp³-hybridized carbons (Fsp3) is 0.667. The molecule has 3 fully saturated rings. The van der Waals surface area contributed by atoms with Gasteiger partial charge in [0, 0.05) is 61.8 Å². The Morgan fingerprint density at radius 3 is 2.30 bits per heavy atom. The monoisotopic (exact) mass is 618 g/mol. The molecule has 2 bridgehead atoms. The molecule has 2 N–H and O–H groups in total. The predicted octanol–water partition coefficient (Wildman–Crippen LogP) is 0.959. The summed E-state index contributed by atoms with van der Waals surface area (Å²) in [5, 5.41) is 21.6. The molecule has 3 saturated heterocycles.